The largest absolute Gasteiger partial charge is 0.439 e. The lowest BCUT2D eigenvalue weighted by Crippen LogP contribution is -2.00. The molecule has 7 nitrogen and oxygen atoms in total. The van der Waals surface area contributed by atoms with E-state index in [1.54, 1.807) is 18.2 Å². The smallest absolute Gasteiger partial charge is 0.311 e. The van der Waals surface area contributed by atoms with E-state index in [1.807, 2.05) is 6.92 Å². The number of benzene rings is 1. The summed E-state index contributed by atoms with van der Waals surface area (Å²) in [5, 5.41) is 10.6. The third kappa shape index (κ3) is 2.71. The molecule has 0 aliphatic heterocycles. The van der Waals surface area contributed by atoms with Crippen LogP contribution >= 0.6 is 0 Å². The Labute approximate surface area is 109 Å². The third-order valence-corrected chi connectivity index (χ3v) is 2.49. The van der Waals surface area contributed by atoms with Crippen molar-refractivity contribution in [1.82, 2.24) is 4.98 Å². The normalized spacial score (nSPS) is 10.2. The molecule has 0 amide bonds. The SMILES string of the molecule is Cc1cc(N)ccc1Oc1ccc([N+](=O)[O-])c(N)n1. The van der Waals surface area contributed by atoms with Crippen molar-refractivity contribution in [1.29, 1.82) is 0 Å². The van der Waals surface area contributed by atoms with Gasteiger partial charge in [0.15, 0.2) is 0 Å². The number of hydrogen-bond acceptors (Lipinski definition) is 6. The van der Waals surface area contributed by atoms with E-state index >= 15 is 0 Å². The van der Waals surface area contributed by atoms with Crippen LogP contribution in [0.1, 0.15) is 5.56 Å². The number of aromatic nitrogens is 1. The van der Waals surface area contributed by atoms with Crippen LogP contribution in [0.5, 0.6) is 11.6 Å². The van der Waals surface area contributed by atoms with E-state index in [4.69, 9.17) is 16.2 Å². The zero-order valence-electron chi connectivity index (χ0n) is 10.2. The fourth-order valence-corrected chi connectivity index (χ4v) is 1.56. The standard InChI is InChI=1S/C12H12N4O3/c1-7-6-8(13)2-4-10(7)19-11-5-3-9(16(17)18)12(14)15-11/h2-6H,13H2,1H3,(H2,14,15). The first-order valence-electron chi connectivity index (χ1n) is 5.42. The first-order chi connectivity index (χ1) is 8.97. The molecule has 1 heterocycles. The first-order valence-corrected chi connectivity index (χ1v) is 5.42. The average Bonchev–Trinajstić information content (AvgIpc) is 2.32. The van der Waals surface area contributed by atoms with Crippen LogP contribution in [-0.2, 0) is 0 Å². The molecule has 0 aliphatic rings. The monoisotopic (exact) mass is 260 g/mol. The molecule has 0 saturated heterocycles. The van der Waals surface area contributed by atoms with E-state index in [9.17, 15) is 10.1 Å². The maximum atomic E-state index is 10.6. The molecular weight excluding hydrogens is 248 g/mol. The molecule has 0 spiro atoms. The number of hydrogen-bond donors (Lipinski definition) is 2. The van der Waals surface area contributed by atoms with Gasteiger partial charge in [0, 0.05) is 17.8 Å². The first kappa shape index (κ1) is 12.6. The number of nitrogens with two attached hydrogens (primary N) is 2. The van der Waals surface area contributed by atoms with Crippen LogP contribution in [0.2, 0.25) is 0 Å². The summed E-state index contributed by atoms with van der Waals surface area (Å²) in [5.74, 6) is 0.571. The van der Waals surface area contributed by atoms with Gasteiger partial charge in [0.1, 0.15) is 5.75 Å². The molecule has 19 heavy (non-hydrogen) atoms. The van der Waals surface area contributed by atoms with Crippen molar-refractivity contribution in [2.75, 3.05) is 11.5 Å². The fourth-order valence-electron chi connectivity index (χ4n) is 1.56. The van der Waals surface area contributed by atoms with Gasteiger partial charge in [-0.05, 0) is 30.7 Å². The van der Waals surface area contributed by atoms with Crippen molar-refractivity contribution < 1.29 is 9.66 Å². The van der Waals surface area contributed by atoms with Crippen LogP contribution in [0.25, 0.3) is 0 Å². The van der Waals surface area contributed by atoms with E-state index in [2.05, 4.69) is 4.98 Å². The van der Waals surface area contributed by atoms with E-state index in [0.29, 0.717) is 11.4 Å². The molecule has 98 valence electrons. The topological polar surface area (TPSA) is 117 Å². The van der Waals surface area contributed by atoms with Gasteiger partial charge < -0.3 is 16.2 Å². The van der Waals surface area contributed by atoms with Crippen LogP contribution < -0.4 is 16.2 Å². The van der Waals surface area contributed by atoms with Crippen molar-refractivity contribution in [2.45, 2.75) is 6.92 Å². The Bertz CT molecular complexity index is 643. The van der Waals surface area contributed by atoms with Crippen LogP contribution in [0.15, 0.2) is 30.3 Å². The molecule has 0 saturated carbocycles. The molecule has 4 N–H and O–H groups in total. The van der Waals surface area contributed by atoms with Gasteiger partial charge in [0.05, 0.1) is 4.92 Å². The van der Waals surface area contributed by atoms with Crippen LogP contribution in [0.4, 0.5) is 17.2 Å². The van der Waals surface area contributed by atoms with E-state index in [-0.39, 0.29) is 17.4 Å². The van der Waals surface area contributed by atoms with Gasteiger partial charge in [-0.1, -0.05) is 0 Å². The molecule has 1 aromatic heterocycles. The molecule has 7 heteroatoms. The summed E-state index contributed by atoms with van der Waals surface area (Å²) in [5.41, 5.74) is 12.3. The van der Waals surface area contributed by atoms with Crippen molar-refractivity contribution >= 4 is 17.2 Å². The summed E-state index contributed by atoms with van der Waals surface area (Å²) in [6, 6.07) is 7.79. The molecule has 0 aliphatic carbocycles. The van der Waals surface area contributed by atoms with Gasteiger partial charge in [-0.25, -0.2) is 0 Å². The Morgan fingerprint density at radius 3 is 2.58 bits per heavy atom. The molecular formula is C12H12N4O3. The summed E-state index contributed by atoms with van der Waals surface area (Å²) in [6.07, 6.45) is 0. The summed E-state index contributed by atoms with van der Waals surface area (Å²) in [7, 11) is 0. The number of rotatable bonds is 3. The summed E-state index contributed by atoms with van der Waals surface area (Å²) in [4.78, 5) is 13.9. The minimum Gasteiger partial charge on any atom is -0.439 e. The number of pyridine rings is 1. The van der Waals surface area contributed by atoms with E-state index in [1.165, 1.54) is 12.1 Å². The Hall–Kier alpha value is -2.83. The Morgan fingerprint density at radius 2 is 2.00 bits per heavy atom. The zero-order valence-corrected chi connectivity index (χ0v) is 10.2. The fraction of sp³-hybridized carbons (Fsp3) is 0.0833. The van der Waals surface area contributed by atoms with Crippen LogP contribution in [-0.4, -0.2) is 9.91 Å². The lowest BCUT2D eigenvalue weighted by Gasteiger charge is -2.08. The number of nitrogen functional groups attached to an aromatic ring is 2. The van der Waals surface area contributed by atoms with Crippen molar-refractivity contribution in [3.8, 4) is 11.6 Å². The van der Waals surface area contributed by atoms with E-state index < -0.39 is 4.92 Å². The number of aryl methyl sites for hydroxylation is 1. The molecule has 0 unspecified atom stereocenters. The summed E-state index contributed by atoms with van der Waals surface area (Å²) >= 11 is 0. The quantitative estimate of drug-likeness (QED) is 0.496. The molecule has 0 atom stereocenters. The van der Waals surface area contributed by atoms with Gasteiger partial charge in [0.2, 0.25) is 11.7 Å². The summed E-state index contributed by atoms with van der Waals surface area (Å²) < 4.78 is 5.51. The lowest BCUT2D eigenvalue weighted by atomic mass is 10.2. The van der Waals surface area contributed by atoms with Crippen molar-refractivity contribution in [3.05, 3.63) is 46.0 Å². The second kappa shape index (κ2) is 4.81. The molecule has 2 rings (SSSR count). The maximum Gasteiger partial charge on any atom is 0.311 e. The summed E-state index contributed by atoms with van der Waals surface area (Å²) in [6.45, 7) is 1.83. The predicted octanol–water partition coefficient (Wildman–Crippen LogP) is 2.25. The molecule has 1 aromatic carbocycles. The third-order valence-electron chi connectivity index (χ3n) is 2.49. The highest BCUT2D eigenvalue weighted by Gasteiger charge is 2.14. The maximum absolute atomic E-state index is 10.6. The van der Waals surface area contributed by atoms with E-state index in [0.717, 1.165) is 5.56 Å². The van der Waals surface area contributed by atoms with Gasteiger partial charge in [-0.2, -0.15) is 4.98 Å². The second-order valence-electron chi connectivity index (χ2n) is 3.94. The van der Waals surface area contributed by atoms with Crippen LogP contribution in [0.3, 0.4) is 0 Å². The zero-order chi connectivity index (χ0) is 14.0. The minimum atomic E-state index is -0.597. The number of anilines is 2. The minimum absolute atomic E-state index is 0.185. The average molecular weight is 260 g/mol. The predicted molar refractivity (Wildman–Crippen MR) is 71.0 cm³/mol. The van der Waals surface area contributed by atoms with Gasteiger partial charge >= 0.3 is 5.69 Å². The molecule has 0 bridgehead atoms. The van der Waals surface area contributed by atoms with Crippen molar-refractivity contribution in [2.24, 2.45) is 0 Å². The Kier molecular flexibility index (Phi) is 3.19. The van der Waals surface area contributed by atoms with Gasteiger partial charge in [-0.3, -0.25) is 10.1 Å². The van der Waals surface area contributed by atoms with Gasteiger partial charge in [-0.15, -0.1) is 0 Å². The highest BCUT2D eigenvalue weighted by molar-refractivity contribution is 5.54. The highest BCUT2D eigenvalue weighted by atomic mass is 16.6. The molecule has 0 fully saturated rings. The molecule has 2 aromatic rings. The number of nitrogens with zero attached hydrogens (tertiary/aromatic N) is 2. The lowest BCUT2D eigenvalue weighted by molar-refractivity contribution is -0.384. The van der Waals surface area contributed by atoms with Crippen LogP contribution in [0, 0.1) is 17.0 Å². The molecule has 0 radical (unpaired) electrons. The number of ether oxygens (including phenoxy) is 1. The second-order valence-corrected chi connectivity index (χ2v) is 3.94. The number of nitro groups is 1. The van der Waals surface area contributed by atoms with Gasteiger partial charge in [0.25, 0.3) is 0 Å². The highest BCUT2D eigenvalue weighted by Crippen LogP contribution is 2.28. The Balaban J connectivity index is 2.29. The van der Waals surface area contributed by atoms with Crippen molar-refractivity contribution in [3.63, 3.8) is 0 Å². The Morgan fingerprint density at radius 1 is 1.26 bits per heavy atom.